The molecule has 0 spiro atoms. The van der Waals surface area contributed by atoms with E-state index < -0.39 is 12.1 Å². The van der Waals surface area contributed by atoms with Gasteiger partial charge in [-0.15, -0.1) is 0 Å². The smallest absolute Gasteiger partial charge is 0.345 e. The van der Waals surface area contributed by atoms with E-state index in [4.69, 9.17) is 4.74 Å². The molecule has 0 aliphatic carbocycles. The van der Waals surface area contributed by atoms with Gasteiger partial charge in [-0.1, -0.05) is 192 Å². The van der Waals surface area contributed by atoms with Crippen LogP contribution in [0.1, 0.15) is 239 Å². The van der Waals surface area contributed by atoms with E-state index in [1.54, 1.807) is 0 Å². The van der Waals surface area contributed by atoms with E-state index in [9.17, 15) is 14.7 Å². The highest BCUT2D eigenvalue weighted by Gasteiger charge is 2.21. The summed E-state index contributed by atoms with van der Waals surface area (Å²) >= 11 is 0. The minimum absolute atomic E-state index is 0.327. The highest BCUT2D eigenvalue weighted by atomic mass is 16.6. The third-order valence-electron chi connectivity index (χ3n) is 9.86. The van der Waals surface area contributed by atoms with Gasteiger partial charge in [0.25, 0.3) is 0 Å². The number of aliphatic carboxylic acids is 1. The Bertz CT molecular complexity index is 798. The molecule has 1 N–H and O–H groups in total. The molecule has 0 bridgehead atoms. The van der Waals surface area contributed by atoms with Crippen molar-refractivity contribution in [1.29, 1.82) is 0 Å². The first-order chi connectivity index (χ1) is 24.6. The number of carbonyl (C=O) groups is 2. The minimum atomic E-state index is -1.01. The van der Waals surface area contributed by atoms with Crippen LogP contribution in [-0.4, -0.2) is 23.1 Å². The van der Waals surface area contributed by atoms with Gasteiger partial charge in [-0.2, -0.15) is 0 Å². The van der Waals surface area contributed by atoms with E-state index in [1.807, 2.05) is 0 Å². The molecule has 0 aliphatic heterocycles. The highest BCUT2D eigenvalue weighted by Crippen LogP contribution is 2.16. The van der Waals surface area contributed by atoms with Gasteiger partial charge in [0.2, 0.25) is 0 Å². The zero-order chi connectivity index (χ0) is 36.4. The van der Waals surface area contributed by atoms with Crippen LogP contribution in [0.25, 0.3) is 0 Å². The van der Waals surface area contributed by atoms with E-state index in [2.05, 4.69) is 50.3 Å². The Hall–Kier alpha value is -1.84. The van der Waals surface area contributed by atoms with Crippen LogP contribution in [-0.2, 0) is 14.3 Å². The summed E-state index contributed by atoms with van der Waals surface area (Å²) in [6, 6.07) is 0. The SMILES string of the molecule is CCCCC/C=C\C/C=C\CCCC/C=C\CCCCCCCC(=O)OC(CCCCCCCCCCCCCCCCCCCC)C(=O)O. The van der Waals surface area contributed by atoms with Crippen molar-refractivity contribution in [1.82, 2.24) is 0 Å². The van der Waals surface area contributed by atoms with Gasteiger partial charge in [0.05, 0.1) is 0 Å². The van der Waals surface area contributed by atoms with E-state index in [0.717, 1.165) is 51.4 Å². The van der Waals surface area contributed by atoms with Crippen LogP contribution in [0.4, 0.5) is 0 Å². The molecule has 292 valence electrons. The predicted octanol–water partition coefficient (Wildman–Crippen LogP) is 15.3. The molecule has 0 aromatic carbocycles. The first-order valence-electron chi connectivity index (χ1n) is 22.0. The summed E-state index contributed by atoms with van der Waals surface area (Å²) in [6.07, 6.45) is 54.8. The zero-order valence-corrected chi connectivity index (χ0v) is 33.5. The second-order valence-corrected chi connectivity index (χ2v) is 14.9. The first kappa shape index (κ1) is 48.2. The van der Waals surface area contributed by atoms with Gasteiger partial charge in [-0.05, 0) is 77.0 Å². The zero-order valence-electron chi connectivity index (χ0n) is 33.5. The summed E-state index contributed by atoms with van der Waals surface area (Å²) in [4.78, 5) is 23.9. The van der Waals surface area contributed by atoms with Gasteiger partial charge in [0, 0.05) is 6.42 Å². The lowest BCUT2D eigenvalue weighted by molar-refractivity contribution is -0.164. The number of carboxylic acids is 1. The molecule has 50 heavy (non-hydrogen) atoms. The van der Waals surface area contributed by atoms with Crippen LogP contribution in [0.15, 0.2) is 36.5 Å². The number of allylic oxidation sites excluding steroid dienone is 6. The lowest BCUT2D eigenvalue weighted by Gasteiger charge is -2.13. The van der Waals surface area contributed by atoms with Gasteiger partial charge >= 0.3 is 11.9 Å². The van der Waals surface area contributed by atoms with E-state index >= 15 is 0 Å². The molecule has 0 radical (unpaired) electrons. The molecule has 4 nitrogen and oxygen atoms in total. The van der Waals surface area contributed by atoms with Crippen LogP contribution >= 0.6 is 0 Å². The Labute approximate surface area is 311 Å². The number of hydrogen-bond acceptors (Lipinski definition) is 3. The molecule has 0 fully saturated rings. The fourth-order valence-electron chi connectivity index (χ4n) is 6.52. The van der Waals surface area contributed by atoms with Crippen molar-refractivity contribution in [2.45, 2.75) is 245 Å². The monoisotopic (exact) mass is 701 g/mol. The van der Waals surface area contributed by atoms with Gasteiger partial charge < -0.3 is 9.84 Å². The molecular weight excluding hydrogens is 617 g/mol. The minimum Gasteiger partial charge on any atom is -0.479 e. The summed E-state index contributed by atoms with van der Waals surface area (Å²) < 4.78 is 5.33. The molecule has 0 saturated heterocycles. The van der Waals surface area contributed by atoms with Crippen molar-refractivity contribution in [2.24, 2.45) is 0 Å². The number of carboxylic acid groups (broad SMARTS) is 1. The van der Waals surface area contributed by atoms with Gasteiger partial charge in [0.15, 0.2) is 6.10 Å². The topological polar surface area (TPSA) is 63.6 Å². The fraction of sp³-hybridized carbons (Fsp3) is 0.826. The van der Waals surface area contributed by atoms with E-state index in [-0.39, 0.29) is 5.97 Å². The van der Waals surface area contributed by atoms with Crippen molar-refractivity contribution < 1.29 is 19.4 Å². The quantitative estimate of drug-likeness (QED) is 0.0393. The largest absolute Gasteiger partial charge is 0.479 e. The molecular formula is C46H84O4. The Balaban J connectivity index is 3.55. The maximum absolute atomic E-state index is 12.2. The summed E-state index contributed by atoms with van der Waals surface area (Å²) in [7, 11) is 0. The summed E-state index contributed by atoms with van der Waals surface area (Å²) in [5, 5.41) is 9.52. The second kappa shape index (κ2) is 41.6. The first-order valence-corrected chi connectivity index (χ1v) is 22.0. The molecule has 0 aliphatic rings. The summed E-state index contributed by atoms with van der Waals surface area (Å²) in [6.45, 7) is 4.53. The Morgan fingerprint density at radius 3 is 1.20 bits per heavy atom. The normalized spacial score (nSPS) is 12.5. The molecule has 0 aromatic heterocycles. The van der Waals surface area contributed by atoms with Crippen LogP contribution in [0.3, 0.4) is 0 Å². The van der Waals surface area contributed by atoms with Crippen LogP contribution in [0.5, 0.6) is 0 Å². The standard InChI is InChI=1S/C46H84O4/c1-3-5-7-9-11-13-15-17-19-21-23-24-25-27-29-31-33-35-37-39-41-43-45(47)50-44(46(48)49)42-40-38-36-34-32-30-28-26-22-20-18-16-14-12-10-8-6-4-2/h11,13,17,19,27,29,44H,3-10,12,14-16,18,20-26,28,30-43H2,1-2H3,(H,48,49)/b13-11-,19-17-,29-27-. The van der Waals surface area contributed by atoms with Gasteiger partial charge in [-0.25, -0.2) is 4.79 Å². The van der Waals surface area contributed by atoms with Crippen molar-refractivity contribution in [3.8, 4) is 0 Å². The number of ether oxygens (including phenoxy) is 1. The molecule has 0 heterocycles. The molecule has 1 atom stereocenters. The van der Waals surface area contributed by atoms with E-state index in [1.165, 1.54) is 161 Å². The second-order valence-electron chi connectivity index (χ2n) is 14.9. The van der Waals surface area contributed by atoms with Crippen LogP contribution < -0.4 is 0 Å². The average Bonchev–Trinajstić information content (AvgIpc) is 3.11. The Kier molecular flexibility index (Phi) is 40.0. The molecule has 0 saturated carbocycles. The molecule has 0 rings (SSSR count). The number of hydrogen-bond donors (Lipinski definition) is 1. The maximum Gasteiger partial charge on any atom is 0.345 e. The van der Waals surface area contributed by atoms with Crippen LogP contribution in [0.2, 0.25) is 0 Å². The lowest BCUT2D eigenvalue weighted by atomic mass is 10.0. The average molecular weight is 701 g/mol. The van der Waals surface area contributed by atoms with Crippen molar-refractivity contribution in [2.75, 3.05) is 0 Å². The van der Waals surface area contributed by atoms with Crippen molar-refractivity contribution >= 4 is 11.9 Å². The van der Waals surface area contributed by atoms with Crippen LogP contribution in [0, 0.1) is 0 Å². The Morgan fingerprint density at radius 2 is 0.760 bits per heavy atom. The fourth-order valence-corrected chi connectivity index (χ4v) is 6.52. The molecule has 4 heteroatoms. The molecule has 0 aromatic rings. The number of rotatable bonds is 40. The van der Waals surface area contributed by atoms with Gasteiger partial charge in [-0.3, -0.25) is 4.79 Å². The maximum atomic E-state index is 12.2. The highest BCUT2D eigenvalue weighted by molar-refractivity contribution is 5.77. The third kappa shape index (κ3) is 39.0. The number of carbonyl (C=O) groups excluding carboxylic acids is 1. The van der Waals surface area contributed by atoms with Crippen molar-refractivity contribution in [3.05, 3.63) is 36.5 Å². The molecule has 1 unspecified atom stereocenters. The lowest BCUT2D eigenvalue weighted by Crippen LogP contribution is -2.27. The number of unbranched alkanes of at least 4 members (excludes halogenated alkanes) is 28. The van der Waals surface area contributed by atoms with E-state index in [0.29, 0.717) is 12.8 Å². The third-order valence-corrected chi connectivity index (χ3v) is 9.86. The van der Waals surface area contributed by atoms with Crippen molar-refractivity contribution in [3.63, 3.8) is 0 Å². The summed E-state index contributed by atoms with van der Waals surface area (Å²) in [5.41, 5.74) is 0. The summed E-state index contributed by atoms with van der Waals surface area (Å²) in [5.74, 6) is -1.36. The Morgan fingerprint density at radius 1 is 0.440 bits per heavy atom. The number of esters is 1. The van der Waals surface area contributed by atoms with Gasteiger partial charge in [0.1, 0.15) is 0 Å². The molecule has 0 amide bonds. The predicted molar refractivity (Wildman–Crippen MR) is 218 cm³/mol.